The maximum atomic E-state index is 12.8. The molecule has 0 aliphatic rings. The fraction of sp³-hybridized carbons (Fsp3) is 0.286. The van der Waals surface area contributed by atoms with Gasteiger partial charge in [-0.3, -0.25) is 4.79 Å². The van der Waals surface area contributed by atoms with Gasteiger partial charge in [0.15, 0.2) is 5.82 Å². The first-order chi connectivity index (χ1) is 5.63. The number of carboxylic acids is 1. The molecular weight excluding hydrogens is 300 g/mol. The first kappa shape index (κ1) is 13.1. The van der Waals surface area contributed by atoms with Crippen LogP contribution in [0.5, 0.6) is 0 Å². The summed E-state index contributed by atoms with van der Waals surface area (Å²) in [5, 5.41) is 8.53. The van der Waals surface area contributed by atoms with Crippen molar-refractivity contribution in [1.82, 2.24) is 9.97 Å². The number of halogens is 1. The van der Waals surface area contributed by atoms with E-state index in [1.165, 1.54) is 6.92 Å². The van der Waals surface area contributed by atoms with E-state index in [9.17, 15) is 9.18 Å². The molecule has 0 spiro atoms. The first-order valence-electron chi connectivity index (χ1n) is 3.31. The molecule has 1 atom stereocenters. The van der Waals surface area contributed by atoms with Gasteiger partial charge in [-0.25, -0.2) is 14.4 Å². The Morgan fingerprint density at radius 1 is 1.69 bits per heavy atom. The molecule has 0 aliphatic heterocycles. The molecule has 0 saturated carbocycles. The van der Waals surface area contributed by atoms with Gasteiger partial charge < -0.3 is 5.11 Å². The van der Waals surface area contributed by atoms with Gasteiger partial charge in [0.1, 0.15) is 6.33 Å². The summed E-state index contributed by atoms with van der Waals surface area (Å²) < 4.78 is 12.8. The van der Waals surface area contributed by atoms with Crippen molar-refractivity contribution in [3.63, 3.8) is 0 Å². The van der Waals surface area contributed by atoms with E-state index < -0.39 is 17.7 Å². The topological polar surface area (TPSA) is 63.1 Å². The molecule has 0 fully saturated rings. The zero-order valence-electron chi connectivity index (χ0n) is 6.36. The molecule has 1 aromatic heterocycles. The van der Waals surface area contributed by atoms with E-state index in [-0.39, 0.29) is 54.6 Å². The van der Waals surface area contributed by atoms with Crippen LogP contribution in [0, 0.1) is 5.82 Å². The van der Waals surface area contributed by atoms with Crippen LogP contribution in [0.15, 0.2) is 12.5 Å². The van der Waals surface area contributed by atoms with Crippen LogP contribution >= 0.6 is 0 Å². The van der Waals surface area contributed by atoms with Crippen LogP contribution in [0.3, 0.4) is 0 Å². The van der Waals surface area contributed by atoms with Gasteiger partial charge in [-0.2, -0.15) is 0 Å². The second-order valence-corrected chi connectivity index (χ2v) is 2.32. The van der Waals surface area contributed by atoms with Crippen LogP contribution in [0.25, 0.3) is 0 Å². The molecule has 1 aromatic rings. The van der Waals surface area contributed by atoms with Crippen molar-refractivity contribution in [2.45, 2.75) is 12.8 Å². The van der Waals surface area contributed by atoms with Gasteiger partial charge in [0.25, 0.3) is 0 Å². The van der Waals surface area contributed by atoms with Crippen molar-refractivity contribution in [2.24, 2.45) is 0 Å². The maximum absolute atomic E-state index is 12.8. The molecule has 1 heterocycles. The number of carbonyl (C=O) groups is 1. The average Bonchev–Trinajstić information content (AvgIpc) is 2.04. The van der Waals surface area contributed by atoms with E-state index in [0.29, 0.717) is 0 Å². The van der Waals surface area contributed by atoms with Gasteiger partial charge >= 0.3 is 54.9 Å². The van der Waals surface area contributed by atoms with Gasteiger partial charge in [0, 0.05) is 0 Å². The zero-order valence-corrected chi connectivity index (χ0v) is 6.36. The molecule has 0 saturated heterocycles. The predicted molar refractivity (Wildman–Crippen MR) is 46.6 cm³/mol. The quantitative estimate of drug-likeness (QED) is 0.774. The van der Waals surface area contributed by atoms with Crippen LogP contribution in [-0.4, -0.2) is 69.9 Å². The third-order valence-corrected chi connectivity index (χ3v) is 1.48. The number of hydrogen-bond acceptors (Lipinski definition) is 3. The van der Waals surface area contributed by atoms with Crippen molar-refractivity contribution in [2.75, 3.05) is 0 Å². The minimum absolute atomic E-state index is 0. The van der Waals surface area contributed by atoms with E-state index in [0.717, 1.165) is 12.5 Å². The Hall–Kier alpha value is 0.0514. The number of rotatable bonds is 2. The number of aromatic nitrogens is 2. The predicted octanol–water partition coefficient (Wildman–Crippen LogP) is -0.112. The molecule has 13 heavy (non-hydrogen) atoms. The van der Waals surface area contributed by atoms with E-state index >= 15 is 0 Å². The summed E-state index contributed by atoms with van der Waals surface area (Å²) in [4.78, 5) is 17.4. The van der Waals surface area contributed by atoms with E-state index in [1.807, 2.05) is 0 Å². The molecule has 68 valence electrons. The molecule has 0 bridgehead atoms. The summed E-state index contributed by atoms with van der Waals surface area (Å²) >= 11 is 0. The molecule has 1 N–H and O–H groups in total. The summed E-state index contributed by atoms with van der Waals surface area (Å²) in [7, 11) is 0. The fourth-order valence-electron chi connectivity index (χ4n) is 0.758. The standard InChI is InChI=1S/C7H7FN2O2.Ba.2H/c1-4(7(11)12)6-5(8)2-9-3-10-6;;;/h2-4H,1H3,(H,11,12);;;. The molecule has 4 nitrogen and oxygen atoms in total. The third kappa shape index (κ3) is 3.35. The van der Waals surface area contributed by atoms with Gasteiger partial charge in [0.05, 0.1) is 17.8 Å². The van der Waals surface area contributed by atoms with Crippen LogP contribution < -0.4 is 0 Å². The SMILES string of the molecule is CC(C(=O)O)c1ncncc1F.[BaH2]. The summed E-state index contributed by atoms with van der Waals surface area (Å²) in [6, 6.07) is 0. The number of carboxylic acid groups (broad SMARTS) is 1. The molecular formula is C7H9BaFN2O2. The van der Waals surface area contributed by atoms with Crippen LogP contribution in [0.1, 0.15) is 18.5 Å². The third-order valence-electron chi connectivity index (χ3n) is 1.48. The number of hydrogen-bond donors (Lipinski definition) is 1. The van der Waals surface area contributed by atoms with Crippen molar-refractivity contribution in [3.8, 4) is 0 Å². The zero-order chi connectivity index (χ0) is 9.14. The summed E-state index contributed by atoms with van der Waals surface area (Å²) in [6.45, 7) is 1.37. The Balaban J connectivity index is 0.00000144. The van der Waals surface area contributed by atoms with Crippen molar-refractivity contribution < 1.29 is 14.3 Å². The Morgan fingerprint density at radius 3 is 2.77 bits per heavy atom. The average molecular weight is 309 g/mol. The van der Waals surface area contributed by atoms with Crippen molar-refractivity contribution >= 4 is 54.9 Å². The molecule has 0 aromatic carbocycles. The summed E-state index contributed by atoms with van der Waals surface area (Å²) in [5.41, 5.74) is -0.0856. The van der Waals surface area contributed by atoms with Crippen molar-refractivity contribution in [1.29, 1.82) is 0 Å². The number of nitrogens with zero attached hydrogens (tertiary/aromatic N) is 2. The normalized spacial score (nSPS) is 11.5. The van der Waals surface area contributed by atoms with Gasteiger partial charge in [0.2, 0.25) is 0 Å². The van der Waals surface area contributed by atoms with Crippen LogP contribution in [0.2, 0.25) is 0 Å². The van der Waals surface area contributed by atoms with E-state index in [1.54, 1.807) is 0 Å². The molecule has 1 unspecified atom stereocenters. The second-order valence-electron chi connectivity index (χ2n) is 2.32. The Morgan fingerprint density at radius 2 is 2.31 bits per heavy atom. The summed E-state index contributed by atoms with van der Waals surface area (Å²) in [6.07, 6.45) is 2.07. The van der Waals surface area contributed by atoms with Gasteiger partial charge in [-0.1, -0.05) is 0 Å². The molecule has 0 radical (unpaired) electrons. The number of aliphatic carboxylic acids is 1. The second kappa shape index (κ2) is 5.71. The molecule has 0 amide bonds. The van der Waals surface area contributed by atoms with Crippen LogP contribution in [-0.2, 0) is 4.79 Å². The molecule has 1 rings (SSSR count). The fourth-order valence-corrected chi connectivity index (χ4v) is 0.758. The van der Waals surface area contributed by atoms with Crippen LogP contribution in [0.4, 0.5) is 4.39 Å². The van der Waals surface area contributed by atoms with E-state index in [4.69, 9.17) is 5.11 Å². The van der Waals surface area contributed by atoms with E-state index in [2.05, 4.69) is 9.97 Å². The Bertz CT molecular complexity index is 308. The molecule has 0 aliphatic carbocycles. The minimum atomic E-state index is -1.10. The van der Waals surface area contributed by atoms with Crippen molar-refractivity contribution in [3.05, 3.63) is 24.0 Å². The molecule has 6 heteroatoms. The van der Waals surface area contributed by atoms with Gasteiger partial charge in [-0.05, 0) is 6.92 Å². The summed E-state index contributed by atoms with van der Waals surface area (Å²) in [5.74, 6) is -2.73. The first-order valence-corrected chi connectivity index (χ1v) is 3.31. The Kier molecular flexibility index (Phi) is 5.74. The monoisotopic (exact) mass is 310 g/mol. The van der Waals surface area contributed by atoms with Gasteiger partial charge in [-0.15, -0.1) is 0 Å². The Labute approximate surface area is 115 Å².